The predicted octanol–water partition coefficient (Wildman–Crippen LogP) is 4.69. The highest BCUT2D eigenvalue weighted by molar-refractivity contribution is 7.48. The van der Waals surface area contributed by atoms with E-state index >= 15 is 0 Å². The summed E-state index contributed by atoms with van der Waals surface area (Å²) in [5.41, 5.74) is 1.28. The third-order valence-corrected chi connectivity index (χ3v) is 5.08. The standard InChI is InChI=1S/C16H23O4P/c1-3-18-21(17,19-4-2)20-16-12-8-11-15(13-16)14-9-6-5-7-10-14/h5-10,12,15-16H,3-4,11,13H2,1-2H3. The van der Waals surface area contributed by atoms with Crippen LogP contribution in [0.15, 0.2) is 42.5 Å². The summed E-state index contributed by atoms with van der Waals surface area (Å²) in [6.45, 7) is 4.16. The van der Waals surface area contributed by atoms with E-state index in [4.69, 9.17) is 13.6 Å². The van der Waals surface area contributed by atoms with E-state index in [-0.39, 0.29) is 6.10 Å². The molecule has 1 aromatic rings. The van der Waals surface area contributed by atoms with E-state index in [9.17, 15) is 4.57 Å². The van der Waals surface area contributed by atoms with E-state index in [1.807, 2.05) is 24.3 Å². The van der Waals surface area contributed by atoms with Gasteiger partial charge in [0.25, 0.3) is 0 Å². The largest absolute Gasteiger partial charge is 0.475 e. The van der Waals surface area contributed by atoms with E-state index in [2.05, 4.69) is 18.2 Å². The summed E-state index contributed by atoms with van der Waals surface area (Å²) in [6.07, 6.45) is 5.54. The summed E-state index contributed by atoms with van der Waals surface area (Å²) >= 11 is 0. The van der Waals surface area contributed by atoms with Crippen LogP contribution in [0.4, 0.5) is 0 Å². The summed E-state index contributed by atoms with van der Waals surface area (Å²) in [6, 6.07) is 10.3. The molecule has 0 spiro atoms. The average molecular weight is 310 g/mol. The molecule has 0 heterocycles. The molecule has 2 unspecified atom stereocenters. The van der Waals surface area contributed by atoms with Crippen molar-refractivity contribution in [3.63, 3.8) is 0 Å². The van der Waals surface area contributed by atoms with Gasteiger partial charge >= 0.3 is 7.82 Å². The molecule has 0 saturated heterocycles. The minimum absolute atomic E-state index is 0.243. The molecule has 21 heavy (non-hydrogen) atoms. The van der Waals surface area contributed by atoms with Crippen LogP contribution in [0.1, 0.15) is 38.2 Å². The lowest BCUT2D eigenvalue weighted by Gasteiger charge is -2.27. The fraction of sp³-hybridized carbons (Fsp3) is 0.500. The number of rotatable bonds is 7. The average Bonchev–Trinajstić information content (AvgIpc) is 2.49. The SMILES string of the molecule is CCOP(=O)(OCC)OC1C=CCC(c2ccccc2)C1. The normalized spacial score (nSPS) is 22.4. The highest BCUT2D eigenvalue weighted by Crippen LogP contribution is 2.52. The minimum Gasteiger partial charge on any atom is -0.287 e. The quantitative estimate of drug-likeness (QED) is 0.541. The van der Waals surface area contributed by atoms with Gasteiger partial charge in [0, 0.05) is 0 Å². The summed E-state index contributed by atoms with van der Waals surface area (Å²) in [5.74, 6) is 0.373. The Morgan fingerprint density at radius 1 is 1.14 bits per heavy atom. The highest BCUT2D eigenvalue weighted by atomic mass is 31.2. The highest BCUT2D eigenvalue weighted by Gasteiger charge is 2.31. The first-order valence-corrected chi connectivity index (χ1v) is 8.92. The van der Waals surface area contributed by atoms with Crippen LogP contribution in [0.3, 0.4) is 0 Å². The number of phosphoric acid groups is 1. The Morgan fingerprint density at radius 3 is 2.43 bits per heavy atom. The first-order valence-electron chi connectivity index (χ1n) is 7.46. The van der Waals surface area contributed by atoms with Crippen LogP contribution in [0.25, 0.3) is 0 Å². The van der Waals surface area contributed by atoms with Gasteiger partial charge in [0.2, 0.25) is 0 Å². The summed E-state index contributed by atoms with van der Waals surface area (Å²) in [5, 5.41) is 0. The van der Waals surface area contributed by atoms with Crippen LogP contribution in [-0.4, -0.2) is 19.3 Å². The lowest BCUT2D eigenvalue weighted by Crippen LogP contribution is -2.18. The molecule has 116 valence electrons. The lowest BCUT2D eigenvalue weighted by molar-refractivity contribution is 0.0930. The van der Waals surface area contributed by atoms with Crippen LogP contribution in [-0.2, 0) is 18.1 Å². The van der Waals surface area contributed by atoms with Crippen molar-refractivity contribution in [2.75, 3.05) is 13.2 Å². The van der Waals surface area contributed by atoms with Gasteiger partial charge in [0.05, 0.1) is 19.3 Å². The number of phosphoric ester groups is 1. The summed E-state index contributed by atoms with van der Waals surface area (Å²) in [7, 11) is -3.46. The van der Waals surface area contributed by atoms with Gasteiger partial charge in [-0.15, -0.1) is 0 Å². The zero-order valence-corrected chi connectivity index (χ0v) is 13.5. The second-order valence-corrected chi connectivity index (χ2v) is 6.56. The second kappa shape index (κ2) is 7.90. The van der Waals surface area contributed by atoms with Crippen LogP contribution in [0, 0.1) is 0 Å². The first-order chi connectivity index (χ1) is 10.2. The lowest BCUT2D eigenvalue weighted by atomic mass is 9.87. The van der Waals surface area contributed by atoms with Crippen molar-refractivity contribution in [3.05, 3.63) is 48.0 Å². The van der Waals surface area contributed by atoms with Gasteiger partial charge in [-0.1, -0.05) is 42.5 Å². The number of allylic oxidation sites excluding steroid dienone is 1. The van der Waals surface area contributed by atoms with Crippen molar-refractivity contribution >= 4 is 7.82 Å². The van der Waals surface area contributed by atoms with E-state index in [1.165, 1.54) is 5.56 Å². The Labute approximate surface area is 126 Å². The van der Waals surface area contributed by atoms with Crippen molar-refractivity contribution in [2.45, 2.75) is 38.7 Å². The van der Waals surface area contributed by atoms with Gasteiger partial charge in [-0.25, -0.2) is 4.57 Å². The molecule has 0 radical (unpaired) electrons. The topological polar surface area (TPSA) is 44.8 Å². The molecule has 0 amide bonds. The van der Waals surface area contributed by atoms with Crippen molar-refractivity contribution < 1.29 is 18.1 Å². The molecule has 0 saturated carbocycles. The summed E-state index contributed by atoms with van der Waals surface area (Å²) < 4.78 is 28.4. The smallest absolute Gasteiger partial charge is 0.287 e. The maximum atomic E-state index is 12.4. The molecule has 0 bridgehead atoms. The molecule has 4 nitrogen and oxygen atoms in total. The number of hydrogen-bond acceptors (Lipinski definition) is 4. The Balaban J connectivity index is 2.02. The van der Waals surface area contributed by atoms with Crippen molar-refractivity contribution in [1.29, 1.82) is 0 Å². The predicted molar refractivity (Wildman–Crippen MR) is 83.3 cm³/mol. The third-order valence-electron chi connectivity index (χ3n) is 3.40. The zero-order chi connectivity index (χ0) is 15.1. The van der Waals surface area contributed by atoms with Crippen LogP contribution in [0.5, 0.6) is 0 Å². The van der Waals surface area contributed by atoms with Crippen LogP contribution < -0.4 is 0 Å². The molecule has 2 atom stereocenters. The molecular formula is C16H23O4P. The molecule has 0 aromatic heterocycles. The molecule has 5 heteroatoms. The van der Waals surface area contributed by atoms with Gasteiger partial charge in [-0.05, 0) is 38.2 Å². The third kappa shape index (κ3) is 4.79. The number of hydrogen-bond donors (Lipinski definition) is 0. The van der Waals surface area contributed by atoms with E-state index < -0.39 is 7.82 Å². The van der Waals surface area contributed by atoms with Gasteiger partial charge in [-0.3, -0.25) is 13.6 Å². The van der Waals surface area contributed by atoms with Crippen LogP contribution in [0.2, 0.25) is 0 Å². The van der Waals surface area contributed by atoms with E-state index in [0.717, 1.165) is 12.8 Å². The molecule has 0 fully saturated rings. The second-order valence-electron chi connectivity index (χ2n) is 4.93. The van der Waals surface area contributed by atoms with Gasteiger partial charge in [0.1, 0.15) is 0 Å². The van der Waals surface area contributed by atoms with Crippen molar-refractivity contribution in [3.8, 4) is 0 Å². The molecular weight excluding hydrogens is 287 g/mol. The molecule has 0 N–H and O–H groups in total. The fourth-order valence-electron chi connectivity index (χ4n) is 2.51. The Bertz CT molecular complexity index is 490. The van der Waals surface area contributed by atoms with E-state index in [1.54, 1.807) is 13.8 Å². The maximum Gasteiger partial charge on any atom is 0.475 e. The molecule has 1 aliphatic carbocycles. The zero-order valence-electron chi connectivity index (χ0n) is 12.6. The fourth-order valence-corrected chi connectivity index (χ4v) is 3.82. The minimum atomic E-state index is -3.46. The molecule has 0 aliphatic heterocycles. The monoisotopic (exact) mass is 310 g/mol. The first kappa shape index (κ1) is 16.4. The van der Waals surface area contributed by atoms with Gasteiger partial charge < -0.3 is 0 Å². The van der Waals surface area contributed by atoms with Gasteiger partial charge in [-0.2, -0.15) is 0 Å². The maximum absolute atomic E-state index is 12.4. The van der Waals surface area contributed by atoms with Gasteiger partial charge in [0.15, 0.2) is 0 Å². The molecule has 1 aliphatic rings. The number of benzene rings is 1. The van der Waals surface area contributed by atoms with Crippen molar-refractivity contribution in [1.82, 2.24) is 0 Å². The van der Waals surface area contributed by atoms with E-state index in [0.29, 0.717) is 19.1 Å². The Morgan fingerprint density at radius 2 is 1.81 bits per heavy atom. The molecule has 2 rings (SSSR count). The summed E-state index contributed by atoms with van der Waals surface area (Å²) in [4.78, 5) is 0. The molecule has 1 aromatic carbocycles. The van der Waals surface area contributed by atoms with Crippen LogP contribution >= 0.6 is 7.82 Å². The van der Waals surface area contributed by atoms with Crippen molar-refractivity contribution in [2.24, 2.45) is 0 Å². The Kier molecular flexibility index (Phi) is 6.19. The Hall–Kier alpha value is -0.930.